The van der Waals surface area contributed by atoms with Crippen molar-refractivity contribution in [2.24, 2.45) is 5.92 Å². The van der Waals surface area contributed by atoms with E-state index < -0.39 is 12.1 Å². The van der Waals surface area contributed by atoms with Crippen LogP contribution in [-0.2, 0) is 9.59 Å². The number of ketones is 1. The van der Waals surface area contributed by atoms with Gasteiger partial charge in [-0.1, -0.05) is 11.8 Å². The van der Waals surface area contributed by atoms with Crippen molar-refractivity contribution < 1.29 is 34.8 Å². The molecule has 1 aromatic carbocycles. The average molecular weight is 481 g/mol. The number of hydrogen-bond acceptors (Lipinski definition) is 9. The van der Waals surface area contributed by atoms with Crippen LogP contribution in [-0.4, -0.2) is 84.2 Å². The largest absolute Gasteiger partial charge is 0.504 e. The van der Waals surface area contributed by atoms with E-state index in [2.05, 4.69) is 0 Å². The lowest BCUT2D eigenvalue weighted by Crippen LogP contribution is -2.57. The summed E-state index contributed by atoms with van der Waals surface area (Å²) < 4.78 is 0.602. The van der Waals surface area contributed by atoms with Gasteiger partial charge in [-0.3, -0.25) is 19.4 Å². The van der Waals surface area contributed by atoms with Crippen molar-refractivity contribution in [3.63, 3.8) is 0 Å². The molecule has 0 saturated carbocycles. The number of carbonyl (C=O) groups excluding carboxylic acids is 2. The Hall–Kier alpha value is -2.21. The molecule has 0 unspecified atom stereocenters. The molecule has 9 nitrogen and oxygen atoms in total. The van der Waals surface area contributed by atoms with Crippen LogP contribution in [0.15, 0.2) is 28.1 Å². The molecule has 3 heterocycles. The molecule has 32 heavy (non-hydrogen) atoms. The fourth-order valence-corrected chi connectivity index (χ4v) is 7.46. The molecule has 4 N–H and O–H groups in total. The van der Waals surface area contributed by atoms with Crippen molar-refractivity contribution >= 4 is 41.2 Å². The zero-order valence-electron chi connectivity index (χ0n) is 17.3. The molecule has 0 aromatic heterocycles. The monoisotopic (exact) mass is 480 g/mol. The third-order valence-corrected chi connectivity index (χ3v) is 8.67. The molecule has 0 spiro atoms. The smallest absolute Gasteiger partial charge is 0.354 e. The number of Topliss-reactive ketones (excluding diaryl/α,β-unsaturated/α-hetero) is 1. The summed E-state index contributed by atoms with van der Waals surface area (Å²) in [6.45, 7) is 3.03. The molecule has 3 aliphatic rings. The van der Waals surface area contributed by atoms with Gasteiger partial charge in [-0.2, -0.15) is 0 Å². The van der Waals surface area contributed by atoms with Crippen LogP contribution in [0, 0.1) is 5.92 Å². The fourth-order valence-electron chi connectivity index (χ4n) is 4.20. The van der Waals surface area contributed by atoms with Crippen molar-refractivity contribution in [1.29, 1.82) is 0 Å². The number of aliphatic hydroxyl groups excluding tert-OH is 1. The molecular formula is C21H24N2O7S2. The molecule has 4 atom stereocenters. The molecule has 172 valence electrons. The number of hydrogen-bond donors (Lipinski definition) is 4. The maximum Gasteiger partial charge on any atom is 0.354 e. The number of phenolic OH excluding ortho intramolecular Hbond substituents is 2. The molecule has 0 radical (unpaired) electrons. The number of likely N-dealkylation sites (tertiary alicyclic amines) is 1. The summed E-state index contributed by atoms with van der Waals surface area (Å²) in [5.41, 5.74) is 0.330. The number of carboxylic acids is 1. The van der Waals surface area contributed by atoms with Gasteiger partial charge in [-0.05, 0) is 44.5 Å². The molecule has 0 aliphatic carbocycles. The van der Waals surface area contributed by atoms with E-state index in [4.69, 9.17) is 0 Å². The molecular weight excluding hydrogens is 456 g/mol. The van der Waals surface area contributed by atoms with Gasteiger partial charge >= 0.3 is 5.97 Å². The van der Waals surface area contributed by atoms with Gasteiger partial charge in [0.1, 0.15) is 0 Å². The fraction of sp³-hybridized carbons (Fsp3) is 0.476. The van der Waals surface area contributed by atoms with E-state index >= 15 is 0 Å². The summed E-state index contributed by atoms with van der Waals surface area (Å²) in [6, 6.07) is 3.98. The topological polar surface area (TPSA) is 139 Å². The van der Waals surface area contributed by atoms with Gasteiger partial charge in [0.2, 0.25) is 5.91 Å². The highest BCUT2D eigenvalue weighted by atomic mass is 32.2. The lowest BCUT2D eigenvalue weighted by Gasteiger charge is -2.42. The minimum absolute atomic E-state index is 0.0194. The van der Waals surface area contributed by atoms with Crippen LogP contribution in [0.4, 0.5) is 0 Å². The van der Waals surface area contributed by atoms with E-state index in [0.717, 1.165) is 6.42 Å². The highest BCUT2D eigenvalue weighted by molar-refractivity contribution is 8.23. The number of β-lactam (4-membered cyclic amide) rings is 1. The van der Waals surface area contributed by atoms with Crippen LogP contribution in [0.1, 0.15) is 30.1 Å². The van der Waals surface area contributed by atoms with Gasteiger partial charge in [-0.15, -0.1) is 11.8 Å². The number of nitrogens with zero attached hydrogens (tertiary/aromatic N) is 2. The van der Waals surface area contributed by atoms with Crippen molar-refractivity contribution in [2.75, 3.05) is 19.6 Å². The number of amides is 1. The summed E-state index contributed by atoms with van der Waals surface area (Å²) in [7, 11) is 0. The number of fused-ring (bicyclic) bond motifs is 1. The number of phenols is 2. The van der Waals surface area contributed by atoms with Crippen molar-refractivity contribution in [1.82, 2.24) is 9.80 Å². The molecule has 4 rings (SSSR count). The summed E-state index contributed by atoms with van der Waals surface area (Å²) in [4.78, 5) is 40.1. The zero-order chi connectivity index (χ0) is 23.2. The molecule has 11 heteroatoms. The van der Waals surface area contributed by atoms with Crippen molar-refractivity contribution in [2.45, 2.75) is 36.5 Å². The Kier molecular flexibility index (Phi) is 6.44. The van der Waals surface area contributed by atoms with E-state index in [0.29, 0.717) is 29.3 Å². The SMILES string of the molecule is C[C@H](O)C[C@@H]1C(=O)N2C(C(=O)O)=C(S[C@H]3CCN(CC(=O)c4ccc(O)c(O)c4)C3)S[C@H]12. The third-order valence-electron chi connectivity index (χ3n) is 5.78. The van der Waals surface area contributed by atoms with Gasteiger partial charge in [0, 0.05) is 17.4 Å². The van der Waals surface area contributed by atoms with Crippen LogP contribution in [0.25, 0.3) is 0 Å². The van der Waals surface area contributed by atoms with E-state index in [1.54, 1.807) is 6.92 Å². The minimum atomic E-state index is -1.14. The predicted octanol–water partition coefficient (Wildman–Crippen LogP) is 1.64. The van der Waals surface area contributed by atoms with Crippen molar-refractivity contribution in [3.05, 3.63) is 33.7 Å². The maximum atomic E-state index is 12.5. The van der Waals surface area contributed by atoms with Gasteiger partial charge in [0.15, 0.2) is 23.0 Å². The molecule has 1 aromatic rings. The first kappa shape index (κ1) is 23.0. The lowest BCUT2D eigenvalue weighted by atomic mass is 9.91. The molecule has 2 saturated heterocycles. The quantitative estimate of drug-likeness (QED) is 0.247. The van der Waals surface area contributed by atoms with Crippen LogP contribution in [0.3, 0.4) is 0 Å². The second kappa shape index (κ2) is 8.97. The van der Waals surface area contributed by atoms with Gasteiger partial charge in [0.05, 0.1) is 28.2 Å². The van der Waals surface area contributed by atoms with Crippen LogP contribution >= 0.6 is 23.5 Å². The number of aliphatic hydroxyl groups is 1. The highest BCUT2D eigenvalue weighted by Gasteiger charge is 2.56. The first-order chi connectivity index (χ1) is 15.2. The molecule has 2 fully saturated rings. The van der Waals surface area contributed by atoms with Crippen LogP contribution in [0.2, 0.25) is 0 Å². The second-order valence-corrected chi connectivity index (χ2v) is 10.9. The molecule has 1 amide bonds. The summed E-state index contributed by atoms with van der Waals surface area (Å²) in [6.07, 6.45) is 0.447. The Morgan fingerprint density at radius 2 is 2.03 bits per heavy atom. The Balaban J connectivity index is 1.38. The third kappa shape index (κ3) is 4.34. The highest BCUT2D eigenvalue weighted by Crippen LogP contribution is 2.55. The first-order valence-electron chi connectivity index (χ1n) is 10.2. The Labute approximate surface area is 193 Å². The maximum absolute atomic E-state index is 12.5. The van der Waals surface area contributed by atoms with Crippen LogP contribution in [0.5, 0.6) is 11.5 Å². The Morgan fingerprint density at radius 3 is 2.69 bits per heavy atom. The van der Waals surface area contributed by atoms with Gasteiger partial charge in [0.25, 0.3) is 0 Å². The van der Waals surface area contributed by atoms with Gasteiger partial charge < -0.3 is 20.4 Å². The van der Waals surface area contributed by atoms with E-state index in [1.165, 1.54) is 46.6 Å². The summed E-state index contributed by atoms with van der Waals surface area (Å²) in [5, 5.41) is 38.1. The predicted molar refractivity (Wildman–Crippen MR) is 119 cm³/mol. The Bertz CT molecular complexity index is 996. The summed E-state index contributed by atoms with van der Waals surface area (Å²) in [5.74, 6) is -2.58. The lowest BCUT2D eigenvalue weighted by molar-refractivity contribution is -0.152. The van der Waals surface area contributed by atoms with Crippen LogP contribution < -0.4 is 0 Å². The summed E-state index contributed by atoms with van der Waals surface area (Å²) >= 11 is 2.80. The van der Waals surface area contributed by atoms with E-state index in [9.17, 15) is 34.8 Å². The van der Waals surface area contributed by atoms with E-state index in [1.807, 2.05) is 4.90 Å². The number of aliphatic carboxylic acids is 1. The first-order valence-corrected chi connectivity index (χ1v) is 12.0. The number of thioether (sulfide) groups is 2. The second-order valence-electron chi connectivity index (χ2n) is 8.24. The average Bonchev–Trinajstić information content (AvgIpc) is 3.30. The number of carbonyl (C=O) groups is 3. The molecule has 0 bridgehead atoms. The zero-order valence-corrected chi connectivity index (χ0v) is 18.9. The normalized spacial score (nSPS) is 26.2. The number of aromatic hydroxyl groups is 2. The number of benzene rings is 1. The Morgan fingerprint density at radius 1 is 1.28 bits per heavy atom. The molecule has 3 aliphatic heterocycles. The number of rotatable bonds is 8. The minimum Gasteiger partial charge on any atom is -0.504 e. The van der Waals surface area contributed by atoms with E-state index in [-0.39, 0.29) is 52.0 Å². The number of carboxylic acid groups (broad SMARTS) is 1. The van der Waals surface area contributed by atoms with Gasteiger partial charge in [-0.25, -0.2) is 4.79 Å². The van der Waals surface area contributed by atoms with Crippen molar-refractivity contribution in [3.8, 4) is 11.5 Å². The standard InChI is InChI=1S/C21H24N2O7S2/c1-10(24)6-13-18(28)23-17(20(29)30)21(32-19(13)23)31-12-4-5-22(8-12)9-16(27)11-2-3-14(25)15(26)7-11/h2-3,7,10,12-13,19,24-26H,4-6,8-9H2,1H3,(H,29,30)/t10-,12-,13+,19+/m0/s1.